The van der Waals surface area contributed by atoms with Crippen LogP contribution in [0.5, 0.6) is 0 Å². The van der Waals surface area contributed by atoms with Crippen LogP contribution >= 0.6 is 0 Å². The van der Waals surface area contributed by atoms with Gasteiger partial charge in [-0.05, 0) is 45.3 Å². The fourth-order valence-electron chi connectivity index (χ4n) is 3.89. The standard InChI is InChI=1S/C19H28N4O4/c1-22-8-3-9-23(11-10-22)19(27)13-6-7-16(24)15(12-13)21-18(26)14-4-2-5-17(25)20-14/h2,4-5,13,15-16,24H,3,6-12H2,1H3,(H,20,25)(H,21,26)/t13-,15+,16+/m0/s1. The topological polar surface area (TPSA) is 106 Å². The number of nitrogens with one attached hydrogen (secondary N) is 2. The molecule has 2 amide bonds. The van der Waals surface area contributed by atoms with Gasteiger partial charge in [0.05, 0.1) is 12.1 Å². The van der Waals surface area contributed by atoms with Gasteiger partial charge in [0, 0.05) is 31.6 Å². The maximum Gasteiger partial charge on any atom is 0.268 e. The highest BCUT2D eigenvalue weighted by atomic mass is 16.3. The SMILES string of the molecule is CN1CCCN(C(=O)[C@H]2CC[C@@H](O)[C@H](NC(=O)c3cccc(=O)[nH]3)C2)CC1. The minimum absolute atomic E-state index is 0.115. The number of aromatic amines is 1. The van der Waals surface area contributed by atoms with Gasteiger partial charge in [-0.1, -0.05) is 6.07 Å². The zero-order valence-corrected chi connectivity index (χ0v) is 15.7. The van der Waals surface area contributed by atoms with Crippen molar-refractivity contribution >= 4 is 11.8 Å². The van der Waals surface area contributed by atoms with Crippen molar-refractivity contribution in [3.05, 3.63) is 34.2 Å². The van der Waals surface area contributed by atoms with Gasteiger partial charge in [-0.2, -0.15) is 0 Å². The second kappa shape index (κ2) is 8.67. The molecule has 2 aliphatic rings. The average Bonchev–Trinajstić information content (AvgIpc) is 2.87. The lowest BCUT2D eigenvalue weighted by Gasteiger charge is -2.35. The Hall–Kier alpha value is -2.19. The smallest absolute Gasteiger partial charge is 0.268 e. The predicted octanol–water partition coefficient (Wildman–Crippen LogP) is -0.202. The van der Waals surface area contributed by atoms with Crippen LogP contribution in [-0.4, -0.2) is 77.1 Å². The average molecular weight is 376 g/mol. The monoisotopic (exact) mass is 376 g/mol. The van der Waals surface area contributed by atoms with E-state index in [1.165, 1.54) is 18.2 Å². The zero-order valence-electron chi connectivity index (χ0n) is 15.7. The Bertz CT molecular complexity index is 734. The van der Waals surface area contributed by atoms with E-state index in [9.17, 15) is 19.5 Å². The molecule has 3 N–H and O–H groups in total. The number of aromatic nitrogens is 1. The maximum atomic E-state index is 12.9. The van der Waals surface area contributed by atoms with E-state index in [4.69, 9.17) is 0 Å². The Morgan fingerprint density at radius 3 is 2.78 bits per heavy atom. The highest BCUT2D eigenvalue weighted by Gasteiger charge is 2.36. The number of hydrogen-bond acceptors (Lipinski definition) is 5. The van der Waals surface area contributed by atoms with Crippen molar-refractivity contribution in [3.63, 3.8) is 0 Å². The number of hydrogen-bond donors (Lipinski definition) is 3. The molecule has 148 valence electrons. The largest absolute Gasteiger partial charge is 0.391 e. The van der Waals surface area contributed by atoms with E-state index < -0.39 is 18.1 Å². The molecule has 1 saturated carbocycles. The highest BCUT2D eigenvalue weighted by Crippen LogP contribution is 2.27. The lowest BCUT2D eigenvalue weighted by molar-refractivity contribution is -0.137. The Kier molecular flexibility index (Phi) is 6.28. The number of aliphatic hydroxyl groups is 1. The first-order valence-electron chi connectivity index (χ1n) is 9.59. The third kappa shape index (κ3) is 4.95. The Morgan fingerprint density at radius 1 is 1.19 bits per heavy atom. The lowest BCUT2D eigenvalue weighted by atomic mass is 9.82. The summed E-state index contributed by atoms with van der Waals surface area (Å²) < 4.78 is 0. The van der Waals surface area contributed by atoms with Gasteiger partial charge in [0.25, 0.3) is 5.91 Å². The molecule has 1 aromatic heterocycles. The van der Waals surface area contributed by atoms with Crippen molar-refractivity contribution in [2.75, 3.05) is 33.2 Å². The molecule has 0 spiro atoms. The Morgan fingerprint density at radius 2 is 2.00 bits per heavy atom. The first-order chi connectivity index (χ1) is 12.9. The molecule has 27 heavy (non-hydrogen) atoms. The van der Waals surface area contributed by atoms with Crippen LogP contribution in [0.4, 0.5) is 0 Å². The third-order valence-electron chi connectivity index (χ3n) is 5.52. The van der Waals surface area contributed by atoms with Crippen molar-refractivity contribution in [1.29, 1.82) is 0 Å². The summed E-state index contributed by atoms with van der Waals surface area (Å²) in [5.41, 5.74) is -0.204. The number of nitrogens with zero attached hydrogens (tertiary/aromatic N) is 2. The van der Waals surface area contributed by atoms with E-state index >= 15 is 0 Å². The van der Waals surface area contributed by atoms with Gasteiger partial charge in [-0.3, -0.25) is 14.4 Å². The van der Waals surface area contributed by atoms with Crippen molar-refractivity contribution in [2.24, 2.45) is 5.92 Å². The molecule has 3 rings (SSSR count). The highest BCUT2D eigenvalue weighted by molar-refractivity contribution is 5.92. The molecule has 0 unspecified atom stereocenters. The molecular formula is C19H28N4O4. The van der Waals surface area contributed by atoms with Crippen LogP contribution in [0.25, 0.3) is 0 Å². The second-order valence-electron chi connectivity index (χ2n) is 7.57. The first kappa shape index (κ1) is 19.6. The van der Waals surface area contributed by atoms with Gasteiger partial charge in [-0.25, -0.2) is 0 Å². The van der Waals surface area contributed by atoms with Crippen LogP contribution in [0.2, 0.25) is 0 Å². The molecule has 1 aliphatic carbocycles. The van der Waals surface area contributed by atoms with Crippen LogP contribution in [0.1, 0.15) is 36.2 Å². The van der Waals surface area contributed by atoms with E-state index in [1.807, 2.05) is 4.90 Å². The van der Waals surface area contributed by atoms with Crippen LogP contribution in [0, 0.1) is 5.92 Å². The molecule has 2 fully saturated rings. The number of amides is 2. The Labute approximate surface area is 158 Å². The summed E-state index contributed by atoms with van der Waals surface area (Å²) in [5, 5.41) is 13.1. The van der Waals surface area contributed by atoms with Gasteiger partial charge < -0.3 is 25.2 Å². The zero-order chi connectivity index (χ0) is 19.4. The van der Waals surface area contributed by atoms with E-state index in [0.29, 0.717) is 19.3 Å². The van der Waals surface area contributed by atoms with Gasteiger partial charge in [0.15, 0.2) is 0 Å². The summed E-state index contributed by atoms with van der Waals surface area (Å²) in [6.07, 6.45) is 1.78. The quantitative estimate of drug-likeness (QED) is 0.677. The predicted molar refractivity (Wildman–Crippen MR) is 100 cm³/mol. The minimum atomic E-state index is -0.691. The molecular weight excluding hydrogens is 348 g/mol. The fraction of sp³-hybridized carbons (Fsp3) is 0.632. The van der Waals surface area contributed by atoms with Crippen LogP contribution in [-0.2, 0) is 4.79 Å². The summed E-state index contributed by atoms with van der Waals surface area (Å²) in [4.78, 5) is 43.3. The number of aliphatic hydroxyl groups excluding tert-OH is 1. The van der Waals surface area contributed by atoms with Gasteiger partial charge in [0.1, 0.15) is 5.69 Å². The fourth-order valence-corrected chi connectivity index (χ4v) is 3.89. The molecule has 2 heterocycles. The summed E-state index contributed by atoms with van der Waals surface area (Å²) in [5.74, 6) is -0.525. The number of carbonyl (C=O) groups is 2. The number of pyridine rings is 1. The van der Waals surface area contributed by atoms with E-state index in [1.54, 1.807) is 0 Å². The minimum Gasteiger partial charge on any atom is -0.391 e. The third-order valence-corrected chi connectivity index (χ3v) is 5.52. The molecule has 0 radical (unpaired) electrons. The molecule has 8 heteroatoms. The summed E-state index contributed by atoms with van der Waals surface area (Å²) in [6, 6.07) is 3.86. The number of H-pyrrole nitrogens is 1. The summed E-state index contributed by atoms with van der Waals surface area (Å²) >= 11 is 0. The van der Waals surface area contributed by atoms with Crippen molar-refractivity contribution in [2.45, 2.75) is 37.8 Å². The molecule has 0 bridgehead atoms. The maximum absolute atomic E-state index is 12.9. The lowest BCUT2D eigenvalue weighted by Crippen LogP contribution is -2.50. The van der Waals surface area contributed by atoms with Crippen LogP contribution in [0.3, 0.4) is 0 Å². The van der Waals surface area contributed by atoms with E-state index in [0.717, 1.165) is 32.6 Å². The number of rotatable bonds is 3. The normalized spacial score (nSPS) is 27.0. The van der Waals surface area contributed by atoms with Crippen LogP contribution in [0.15, 0.2) is 23.0 Å². The molecule has 1 aromatic rings. The molecule has 1 aliphatic heterocycles. The first-order valence-corrected chi connectivity index (χ1v) is 9.59. The van der Waals surface area contributed by atoms with E-state index in [2.05, 4.69) is 22.2 Å². The number of likely N-dealkylation sites (N-methyl/N-ethyl adjacent to an activating group) is 1. The Balaban J connectivity index is 1.62. The van der Waals surface area contributed by atoms with Gasteiger partial charge in [-0.15, -0.1) is 0 Å². The van der Waals surface area contributed by atoms with Gasteiger partial charge >= 0.3 is 0 Å². The van der Waals surface area contributed by atoms with Crippen molar-refractivity contribution in [1.82, 2.24) is 20.1 Å². The van der Waals surface area contributed by atoms with Crippen molar-refractivity contribution < 1.29 is 14.7 Å². The molecule has 0 aromatic carbocycles. The van der Waals surface area contributed by atoms with Crippen molar-refractivity contribution in [3.8, 4) is 0 Å². The summed E-state index contributed by atoms with van der Waals surface area (Å²) in [6.45, 7) is 3.32. The molecule has 1 saturated heterocycles. The molecule has 3 atom stereocenters. The molecule has 8 nitrogen and oxygen atoms in total. The van der Waals surface area contributed by atoms with Gasteiger partial charge in [0.2, 0.25) is 11.5 Å². The summed E-state index contributed by atoms with van der Waals surface area (Å²) in [7, 11) is 2.06. The van der Waals surface area contributed by atoms with Crippen LogP contribution < -0.4 is 10.9 Å². The number of carbonyl (C=O) groups excluding carboxylic acids is 2. The van der Waals surface area contributed by atoms with E-state index in [-0.39, 0.29) is 23.1 Å². The second-order valence-corrected chi connectivity index (χ2v) is 7.57.